The lowest BCUT2D eigenvalue weighted by atomic mass is 10.0. The van der Waals surface area contributed by atoms with E-state index in [2.05, 4.69) is 4.98 Å². The van der Waals surface area contributed by atoms with Gasteiger partial charge in [0.25, 0.3) is 0 Å². The highest BCUT2D eigenvalue weighted by Crippen LogP contribution is 2.22. The van der Waals surface area contributed by atoms with Crippen molar-refractivity contribution in [2.24, 2.45) is 0 Å². The van der Waals surface area contributed by atoms with Crippen LogP contribution in [0.4, 0.5) is 0 Å². The van der Waals surface area contributed by atoms with Gasteiger partial charge in [-0.25, -0.2) is 0 Å². The first-order chi connectivity index (χ1) is 11.9. The molecule has 2 nitrogen and oxygen atoms in total. The summed E-state index contributed by atoms with van der Waals surface area (Å²) in [6.07, 6.45) is 3.50. The van der Waals surface area contributed by atoms with Gasteiger partial charge in [-0.15, -0.1) is 0 Å². The number of benzene rings is 1. The van der Waals surface area contributed by atoms with Gasteiger partial charge in [0.1, 0.15) is 5.69 Å². The van der Waals surface area contributed by atoms with Crippen molar-refractivity contribution < 1.29 is 4.79 Å². The van der Waals surface area contributed by atoms with Crippen LogP contribution in [-0.2, 0) is 12.8 Å². The van der Waals surface area contributed by atoms with Crippen LogP contribution in [0.5, 0.6) is 0 Å². The Balaban J connectivity index is 0. The quantitative estimate of drug-likeness (QED) is 0.551. The van der Waals surface area contributed by atoms with Gasteiger partial charge >= 0.3 is 0 Å². The van der Waals surface area contributed by atoms with Crippen molar-refractivity contribution in [2.45, 2.75) is 68.2 Å². The van der Waals surface area contributed by atoms with Crippen LogP contribution in [0.2, 0.25) is 0 Å². The zero-order chi connectivity index (χ0) is 19.0. The first-order valence-electron chi connectivity index (χ1n) is 9.43. The summed E-state index contributed by atoms with van der Waals surface area (Å²) in [4.78, 5) is 16.5. The predicted molar refractivity (Wildman–Crippen MR) is 107 cm³/mol. The topological polar surface area (TPSA) is 30.0 Å². The van der Waals surface area contributed by atoms with Crippen LogP contribution in [-0.4, -0.2) is 10.8 Å². The average Bonchev–Trinajstić information content (AvgIpc) is 2.86. The fraction of sp³-hybridized carbons (Fsp3) is 0.455. The average molecular weight is 330 g/mol. The van der Waals surface area contributed by atoms with E-state index in [1.807, 2.05) is 91.8 Å². The Morgan fingerprint density at radius 3 is 1.83 bits per heavy atom. The molecule has 1 aliphatic rings. The van der Waals surface area contributed by atoms with Crippen LogP contribution < -0.4 is 0 Å². The SMILES string of the molecule is CC.CC.CC.CC.O=C1c2ccccc2CCc2cccnc21. The lowest BCUT2D eigenvalue weighted by Gasteiger charge is -2.02. The van der Waals surface area contributed by atoms with E-state index in [0.29, 0.717) is 5.69 Å². The minimum absolute atomic E-state index is 0.0590. The molecule has 0 saturated heterocycles. The molecule has 2 heteroatoms. The lowest BCUT2D eigenvalue weighted by Crippen LogP contribution is -2.06. The van der Waals surface area contributed by atoms with Crippen molar-refractivity contribution in [1.29, 1.82) is 0 Å². The third-order valence-electron chi connectivity index (χ3n) is 3.03. The van der Waals surface area contributed by atoms with E-state index in [9.17, 15) is 4.79 Å². The monoisotopic (exact) mass is 329 g/mol. The molecule has 1 heterocycles. The van der Waals surface area contributed by atoms with Gasteiger partial charge in [0.05, 0.1) is 0 Å². The molecule has 0 spiro atoms. The summed E-state index contributed by atoms with van der Waals surface area (Å²) >= 11 is 0. The van der Waals surface area contributed by atoms with E-state index in [0.717, 1.165) is 29.5 Å². The molecule has 0 amide bonds. The van der Waals surface area contributed by atoms with Gasteiger partial charge in [0.15, 0.2) is 0 Å². The Kier molecular flexibility index (Phi) is 16.1. The second-order valence-electron chi connectivity index (χ2n) is 4.00. The fourth-order valence-electron chi connectivity index (χ4n) is 2.20. The van der Waals surface area contributed by atoms with Crippen LogP contribution in [0.25, 0.3) is 0 Å². The van der Waals surface area contributed by atoms with E-state index in [1.54, 1.807) is 6.20 Å². The van der Waals surface area contributed by atoms with Crippen LogP contribution in [0.15, 0.2) is 42.6 Å². The number of ketones is 1. The molecule has 1 aromatic carbocycles. The normalized spacial score (nSPS) is 10.2. The Labute approximate surface area is 149 Å². The molecule has 0 unspecified atom stereocenters. The Hall–Kier alpha value is -1.96. The van der Waals surface area contributed by atoms with Gasteiger partial charge in [-0.3, -0.25) is 9.78 Å². The minimum Gasteiger partial charge on any atom is -0.287 e. The minimum atomic E-state index is 0.0590. The number of fused-ring (bicyclic) bond motifs is 2. The molecule has 0 N–H and O–H groups in total. The molecule has 0 bridgehead atoms. The number of hydrogen-bond donors (Lipinski definition) is 0. The molecule has 0 aliphatic heterocycles. The van der Waals surface area contributed by atoms with Crippen molar-refractivity contribution in [3.05, 3.63) is 65.0 Å². The van der Waals surface area contributed by atoms with Crippen molar-refractivity contribution >= 4 is 5.78 Å². The standard InChI is InChI=1S/C14H11NO.4C2H6/c16-14-12-6-2-1-4-10(12)7-8-11-5-3-9-15-13(11)14;4*1-2/h1-6,9H,7-8H2;4*1-2H3. The maximum Gasteiger partial charge on any atom is 0.211 e. The highest BCUT2D eigenvalue weighted by Gasteiger charge is 2.21. The molecular formula is C22H35NO. The molecule has 0 fully saturated rings. The number of aromatic nitrogens is 1. The zero-order valence-corrected chi connectivity index (χ0v) is 16.8. The molecule has 3 rings (SSSR count). The van der Waals surface area contributed by atoms with Crippen LogP contribution in [0.1, 0.15) is 82.6 Å². The molecule has 1 aliphatic carbocycles. The molecule has 2 aromatic rings. The fourth-order valence-corrected chi connectivity index (χ4v) is 2.20. The summed E-state index contributed by atoms with van der Waals surface area (Å²) in [5, 5.41) is 0. The molecular weight excluding hydrogens is 294 g/mol. The molecule has 134 valence electrons. The van der Waals surface area contributed by atoms with E-state index in [-0.39, 0.29) is 5.78 Å². The van der Waals surface area contributed by atoms with Crippen molar-refractivity contribution in [3.8, 4) is 0 Å². The lowest BCUT2D eigenvalue weighted by molar-refractivity contribution is 0.103. The number of pyridine rings is 1. The largest absolute Gasteiger partial charge is 0.287 e. The summed E-state index contributed by atoms with van der Waals surface area (Å²) in [6.45, 7) is 16.0. The highest BCUT2D eigenvalue weighted by atomic mass is 16.1. The summed E-state index contributed by atoms with van der Waals surface area (Å²) in [7, 11) is 0. The number of carbonyl (C=O) groups excluding carboxylic acids is 1. The van der Waals surface area contributed by atoms with Crippen molar-refractivity contribution in [1.82, 2.24) is 4.98 Å². The summed E-state index contributed by atoms with van der Waals surface area (Å²) < 4.78 is 0. The van der Waals surface area contributed by atoms with Crippen molar-refractivity contribution in [3.63, 3.8) is 0 Å². The van der Waals surface area contributed by atoms with Crippen molar-refractivity contribution in [2.75, 3.05) is 0 Å². The second-order valence-corrected chi connectivity index (χ2v) is 4.00. The zero-order valence-electron chi connectivity index (χ0n) is 16.8. The predicted octanol–water partition coefficient (Wildman–Crippen LogP) is 6.52. The Morgan fingerprint density at radius 1 is 0.708 bits per heavy atom. The summed E-state index contributed by atoms with van der Waals surface area (Å²) in [5.41, 5.74) is 3.61. The van der Waals surface area contributed by atoms with E-state index >= 15 is 0 Å². The molecule has 0 radical (unpaired) electrons. The van der Waals surface area contributed by atoms with Gasteiger partial charge < -0.3 is 0 Å². The first-order valence-corrected chi connectivity index (χ1v) is 9.43. The third kappa shape index (κ3) is 6.66. The van der Waals surface area contributed by atoms with Crippen LogP contribution in [0, 0.1) is 0 Å². The molecule has 1 aromatic heterocycles. The maximum absolute atomic E-state index is 12.3. The first kappa shape index (κ1) is 24.3. The van der Waals surface area contributed by atoms with E-state index in [1.165, 1.54) is 0 Å². The number of rotatable bonds is 0. The van der Waals surface area contributed by atoms with Gasteiger partial charge in [0.2, 0.25) is 5.78 Å². The van der Waals surface area contributed by atoms with Crippen LogP contribution >= 0.6 is 0 Å². The van der Waals surface area contributed by atoms with E-state index in [4.69, 9.17) is 0 Å². The number of aryl methyl sites for hydroxylation is 2. The molecule has 0 saturated carbocycles. The summed E-state index contributed by atoms with van der Waals surface area (Å²) in [5.74, 6) is 0.0590. The number of hydrogen-bond acceptors (Lipinski definition) is 2. The third-order valence-corrected chi connectivity index (χ3v) is 3.03. The van der Waals surface area contributed by atoms with Gasteiger partial charge in [-0.05, 0) is 30.0 Å². The summed E-state index contributed by atoms with van der Waals surface area (Å²) in [6, 6.07) is 11.7. The molecule has 0 atom stereocenters. The maximum atomic E-state index is 12.3. The highest BCUT2D eigenvalue weighted by molar-refractivity contribution is 6.09. The van der Waals surface area contributed by atoms with E-state index < -0.39 is 0 Å². The smallest absolute Gasteiger partial charge is 0.211 e. The molecule has 24 heavy (non-hydrogen) atoms. The van der Waals surface area contributed by atoms with Crippen LogP contribution in [0.3, 0.4) is 0 Å². The Bertz CT molecular complexity index is 512. The number of carbonyl (C=O) groups is 1. The Morgan fingerprint density at radius 2 is 1.21 bits per heavy atom. The number of nitrogens with zero attached hydrogens (tertiary/aromatic N) is 1. The second kappa shape index (κ2) is 15.9. The van der Waals surface area contributed by atoms with Gasteiger partial charge in [-0.2, -0.15) is 0 Å². The van der Waals surface area contributed by atoms with Gasteiger partial charge in [0, 0.05) is 11.8 Å². The van der Waals surface area contributed by atoms with Gasteiger partial charge in [-0.1, -0.05) is 85.7 Å².